The van der Waals surface area contributed by atoms with Crippen LogP contribution < -0.4 is 21.2 Å². The van der Waals surface area contributed by atoms with Gasteiger partial charge in [0.25, 0.3) is 5.56 Å². The van der Waals surface area contributed by atoms with Crippen LogP contribution in [-0.4, -0.2) is 15.9 Å². The molecule has 0 atom stereocenters. The number of nitrogens with one attached hydrogen (secondary N) is 1. The van der Waals surface area contributed by atoms with Crippen LogP contribution >= 0.6 is 0 Å². The maximum atomic E-state index is 12.0. The number of aryl methyl sites for hydroxylation is 1. The number of anilines is 2. The first-order valence-electron chi connectivity index (χ1n) is 7.35. The van der Waals surface area contributed by atoms with Gasteiger partial charge in [0, 0.05) is 31.8 Å². The minimum atomic E-state index is -0.117. The third kappa shape index (κ3) is 3.09. The largest absolute Gasteiger partial charge is 0.391 e. The number of aromatic nitrogens is 3. The minimum Gasteiger partial charge on any atom is -0.391 e. The molecule has 0 spiro atoms. The van der Waals surface area contributed by atoms with Crippen LogP contribution in [-0.2, 0) is 26.6 Å². The molecule has 0 aliphatic heterocycles. The van der Waals surface area contributed by atoms with Crippen molar-refractivity contribution < 1.29 is 4.57 Å². The van der Waals surface area contributed by atoms with Gasteiger partial charge in [-0.25, -0.2) is 9.25 Å². The Morgan fingerprint density at radius 3 is 2.38 bits per heavy atom. The summed E-state index contributed by atoms with van der Waals surface area (Å²) in [6.45, 7) is 6.02. The molecule has 6 heteroatoms. The number of rotatable bonds is 6. The van der Waals surface area contributed by atoms with Crippen LogP contribution in [0.1, 0.15) is 19.4 Å². The monoisotopic (exact) mass is 290 g/mol. The van der Waals surface area contributed by atoms with Crippen LogP contribution in [0, 0.1) is 0 Å². The lowest BCUT2D eigenvalue weighted by atomic mass is 10.2. The van der Waals surface area contributed by atoms with E-state index in [1.807, 2.05) is 42.5 Å². The maximum absolute atomic E-state index is 12.0. The molecule has 6 nitrogen and oxygen atoms in total. The Kier molecular flexibility index (Phi) is 4.67. The molecule has 0 saturated heterocycles. The summed E-state index contributed by atoms with van der Waals surface area (Å²) in [5, 5.41) is 3.30. The summed E-state index contributed by atoms with van der Waals surface area (Å²) in [4.78, 5) is 12.0. The molecule has 0 aliphatic carbocycles. The Labute approximate surface area is 124 Å². The van der Waals surface area contributed by atoms with Crippen molar-refractivity contribution in [3.05, 3.63) is 40.4 Å². The standard InChI is InChI=1S/C15H23N5O/c1-4-19-14(13(16)15(21)20(19)5-2)17-9-6-12-7-10-18(3)11-8-12/h7-8,10-11H,4-6,9,16H2,1-3H3/p+1. The molecule has 0 aromatic carbocycles. The molecule has 3 N–H and O–H groups in total. The van der Waals surface area contributed by atoms with Gasteiger partial charge in [-0.2, -0.15) is 0 Å². The van der Waals surface area contributed by atoms with E-state index in [2.05, 4.69) is 17.4 Å². The lowest BCUT2D eigenvalue weighted by molar-refractivity contribution is -0.671. The summed E-state index contributed by atoms with van der Waals surface area (Å²) in [5.74, 6) is 0.728. The second kappa shape index (κ2) is 6.47. The van der Waals surface area contributed by atoms with Gasteiger partial charge in [-0.05, 0) is 25.8 Å². The Bertz CT molecular complexity index is 654. The lowest BCUT2D eigenvalue weighted by Gasteiger charge is -2.13. The first-order chi connectivity index (χ1) is 10.1. The molecule has 0 saturated carbocycles. The third-order valence-electron chi connectivity index (χ3n) is 3.62. The van der Waals surface area contributed by atoms with Gasteiger partial charge in [0.2, 0.25) is 0 Å². The van der Waals surface area contributed by atoms with Crippen LogP contribution in [0.5, 0.6) is 0 Å². The number of hydrogen-bond acceptors (Lipinski definition) is 3. The molecule has 0 bridgehead atoms. The fraction of sp³-hybridized carbons (Fsp3) is 0.467. The molecule has 2 rings (SSSR count). The van der Waals surface area contributed by atoms with E-state index in [9.17, 15) is 4.79 Å². The Morgan fingerprint density at radius 1 is 1.19 bits per heavy atom. The topological polar surface area (TPSA) is 68.9 Å². The molecule has 2 aromatic heterocycles. The smallest absolute Gasteiger partial charge is 0.292 e. The number of pyridine rings is 1. The van der Waals surface area contributed by atoms with Crippen LogP contribution in [0.25, 0.3) is 0 Å². The molecular formula is C15H24N5O+. The van der Waals surface area contributed by atoms with Gasteiger partial charge < -0.3 is 11.1 Å². The zero-order chi connectivity index (χ0) is 15.4. The van der Waals surface area contributed by atoms with Crippen molar-refractivity contribution in [2.24, 2.45) is 7.05 Å². The van der Waals surface area contributed by atoms with E-state index in [4.69, 9.17) is 5.73 Å². The van der Waals surface area contributed by atoms with Crippen molar-refractivity contribution in [3.63, 3.8) is 0 Å². The van der Waals surface area contributed by atoms with Gasteiger partial charge in [-0.3, -0.25) is 9.48 Å². The van der Waals surface area contributed by atoms with Gasteiger partial charge in [0.15, 0.2) is 12.4 Å². The van der Waals surface area contributed by atoms with Crippen LogP contribution in [0.15, 0.2) is 29.3 Å². The van der Waals surface area contributed by atoms with E-state index in [0.29, 0.717) is 18.8 Å². The summed E-state index contributed by atoms with van der Waals surface area (Å²) in [6, 6.07) is 4.18. The normalized spacial score (nSPS) is 10.8. The maximum Gasteiger partial charge on any atom is 0.292 e. The van der Waals surface area contributed by atoms with Crippen LogP contribution in [0.2, 0.25) is 0 Å². The highest BCUT2D eigenvalue weighted by Gasteiger charge is 2.15. The highest BCUT2D eigenvalue weighted by atomic mass is 16.1. The average molecular weight is 290 g/mol. The van der Waals surface area contributed by atoms with Crippen molar-refractivity contribution in [2.45, 2.75) is 33.4 Å². The molecule has 0 amide bonds. The van der Waals surface area contributed by atoms with E-state index >= 15 is 0 Å². The highest BCUT2D eigenvalue weighted by Crippen LogP contribution is 2.15. The molecule has 2 heterocycles. The van der Waals surface area contributed by atoms with Crippen molar-refractivity contribution in [2.75, 3.05) is 17.6 Å². The van der Waals surface area contributed by atoms with E-state index in [-0.39, 0.29) is 5.56 Å². The summed E-state index contributed by atoms with van der Waals surface area (Å²) < 4.78 is 5.58. The third-order valence-corrected chi connectivity index (χ3v) is 3.62. The SMILES string of the molecule is CCn1c(NCCc2cc[n+](C)cc2)c(N)c(=O)n1CC. The molecule has 114 valence electrons. The molecule has 0 unspecified atom stereocenters. The zero-order valence-corrected chi connectivity index (χ0v) is 13.0. The van der Waals surface area contributed by atoms with E-state index in [1.165, 1.54) is 5.56 Å². The first kappa shape index (κ1) is 15.2. The number of nitrogens with zero attached hydrogens (tertiary/aromatic N) is 3. The first-order valence-corrected chi connectivity index (χ1v) is 7.35. The average Bonchev–Trinajstić information content (AvgIpc) is 2.72. The number of hydrogen-bond donors (Lipinski definition) is 2. The van der Waals surface area contributed by atoms with Crippen molar-refractivity contribution in [1.29, 1.82) is 0 Å². The van der Waals surface area contributed by atoms with Gasteiger partial charge in [0.05, 0.1) is 0 Å². The van der Waals surface area contributed by atoms with Gasteiger partial charge in [0.1, 0.15) is 18.6 Å². The number of nitrogen functional groups attached to an aromatic ring is 1. The quantitative estimate of drug-likeness (QED) is 0.771. The predicted octanol–water partition coefficient (Wildman–Crippen LogP) is 0.751. The molecular weight excluding hydrogens is 266 g/mol. The molecule has 2 aromatic rings. The van der Waals surface area contributed by atoms with Gasteiger partial charge in [-0.15, -0.1) is 0 Å². The van der Waals surface area contributed by atoms with E-state index < -0.39 is 0 Å². The van der Waals surface area contributed by atoms with Crippen LogP contribution in [0.4, 0.5) is 11.5 Å². The van der Waals surface area contributed by atoms with Crippen molar-refractivity contribution in [1.82, 2.24) is 9.36 Å². The van der Waals surface area contributed by atoms with Gasteiger partial charge in [-0.1, -0.05) is 0 Å². The summed E-state index contributed by atoms with van der Waals surface area (Å²) in [5.41, 5.74) is 7.37. The minimum absolute atomic E-state index is 0.117. The van der Waals surface area contributed by atoms with Gasteiger partial charge >= 0.3 is 0 Å². The summed E-state index contributed by atoms with van der Waals surface area (Å²) >= 11 is 0. The Balaban J connectivity index is 2.09. The predicted molar refractivity (Wildman–Crippen MR) is 84.3 cm³/mol. The molecule has 21 heavy (non-hydrogen) atoms. The van der Waals surface area contributed by atoms with Crippen molar-refractivity contribution in [3.8, 4) is 0 Å². The fourth-order valence-corrected chi connectivity index (χ4v) is 2.46. The molecule has 0 aliphatic rings. The molecule has 0 fully saturated rings. The second-order valence-electron chi connectivity index (χ2n) is 5.05. The van der Waals surface area contributed by atoms with E-state index in [0.717, 1.165) is 18.8 Å². The number of nitrogens with two attached hydrogens (primary N) is 1. The second-order valence-corrected chi connectivity index (χ2v) is 5.05. The van der Waals surface area contributed by atoms with E-state index in [1.54, 1.807) is 4.68 Å². The van der Waals surface area contributed by atoms with Crippen LogP contribution in [0.3, 0.4) is 0 Å². The fourth-order valence-electron chi connectivity index (χ4n) is 2.46. The lowest BCUT2D eigenvalue weighted by Crippen LogP contribution is -2.26. The zero-order valence-electron chi connectivity index (χ0n) is 13.0. The molecule has 0 radical (unpaired) electrons. The highest BCUT2D eigenvalue weighted by molar-refractivity contribution is 5.61. The summed E-state index contributed by atoms with van der Waals surface area (Å²) in [6.07, 6.45) is 4.94. The Hall–Kier alpha value is -2.24. The summed E-state index contributed by atoms with van der Waals surface area (Å²) in [7, 11) is 2.00. The van der Waals surface area contributed by atoms with Crippen molar-refractivity contribution >= 4 is 11.5 Å². The Morgan fingerprint density at radius 2 is 1.81 bits per heavy atom.